The number of nitrogens with zero attached hydrogens (tertiary/aromatic N) is 4. The van der Waals surface area contributed by atoms with Crippen LogP contribution in [0.3, 0.4) is 0 Å². The number of anilines is 2. The summed E-state index contributed by atoms with van der Waals surface area (Å²) in [6.07, 6.45) is 4.59. The Labute approximate surface area is 154 Å². The van der Waals surface area contributed by atoms with Crippen molar-refractivity contribution >= 4 is 38.3 Å². The van der Waals surface area contributed by atoms with Gasteiger partial charge in [-0.15, -0.1) is 0 Å². The number of aryl methyl sites for hydroxylation is 1. The molecule has 4 rings (SSSR count). The van der Waals surface area contributed by atoms with Crippen molar-refractivity contribution in [2.75, 3.05) is 11.4 Å². The van der Waals surface area contributed by atoms with Crippen molar-refractivity contribution < 1.29 is 12.9 Å². The molecule has 0 aliphatic carbocycles. The van der Waals surface area contributed by atoms with Crippen LogP contribution in [0.25, 0.3) is 10.9 Å². The fourth-order valence-corrected chi connectivity index (χ4v) is 3.64. The standard InChI is InChI=1S/C17H13BrF2N4O/c1-23-12-5-4-11(19)15(20)14(12)16(22-17(23)25)24-6-2-3-9-10(18)7-21-8-13(9)24/h4-5,7-8H,2-3,6H2,1H3/i1D3. The van der Waals surface area contributed by atoms with Crippen LogP contribution in [0.4, 0.5) is 20.3 Å². The summed E-state index contributed by atoms with van der Waals surface area (Å²) >= 11 is 3.43. The van der Waals surface area contributed by atoms with Gasteiger partial charge in [0.15, 0.2) is 17.5 Å². The third-order valence-electron chi connectivity index (χ3n) is 4.27. The second-order valence-electron chi connectivity index (χ2n) is 5.68. The van der Waals surface area contributed by atoms with E-state index in [1.54, 1.807) is 17.3 Å². The molecule has 3 aromatic rings. The first-order valence-electron chi connectivity index (χ1n) is 9.01. The molecule has 5 nitrogen and oxygen atoms in total. The van der Waals surface area contributed by atoms with Gasteiger partial charge in [-0.3, -0.25) is 9.55 Å². The molecule has 0 bridgehead atoms. The van der Waals surface area contributed by atoms with Crippen molar-refractivity contribution in [2.45, 2.75) is 12.8 Å². The average Bonchev–Trinajstić information content (AvgIpc) is 2.63. The fraction of sp³-hybridized carbons (Fsp3) is 0.235. The first kappa shape index (κ1) is 12.9. The van der Waals surface area contributed by atoms with E-state index in [1.807, 2.05) is 0 Å². The molecule has 1 aromatic carbocycles. The van der Waals surface area contributed by atoms with Crippen LogP contribution in [0, 0.1) is 11.6 Å². The summed E-state index contributed by atoms with van der Waals surface area (Å²) in [5.74, 6) is -2.54. The molecule has 3 heterocycles. The number of hydrogen-bond donors (Lipinski definition) is 0. The van der Waals surface area contributed by atoms with Crippen molar-refractivity contribution in [2.24, 2.45) is 6.98 Å². The van der Waals surface area contributed by atoms with Gasteiger partial charge in [-0.05, 0) is 46.5 Å². The summed E-state index contributed by atoms with van der Waals surface area (Å²) in [6, 6.07) is 1.88. The van der Waals surface area contributed by atoms with Gasteiger partial charge in [0.05, 0.1) is 22.8 Å². The Kier molecular flexibility index (Phi) is 3.04. The second-order valence-corrected chi connectivity index (χ2v) is 6.54. The molecule has 8 heteroatoms. The van der Waals surface area contributed by atoms with Crippen LogP contribution >= 0.6 is 15.9 Å². The maximum Gasteiger partial charge on any atom is 0.349 e. The maximum atomic E-state index is 14.8. The van der Waals surface area contributed by atoms with Gasteiger partial charge in [-0.25, -0.2) is 13.6 Å². The van der Waals surface area contributed by atoms with E-state index in [1.165, 1.54) is 0 Å². The first-order valence-corrected chi connectivity index (χ1v) is 8.30. The summed E-state index contributed by atoms with van der Waals surface area (Å²) in [5, 5.41) is -0.358. The molecule has 2 aromatic heterocycles. The minimum Gasteiger partial charge on any atom is -0.324 e. The van der Waals surface area contributed by atoms with Crippen LogP contribution in [0.2, 0.25) is 0 Å². The van der Waals surface area contributed by atoms with Crippen molar-refractivity contribution in [3.63, 3.8) is 0 Å². The topological polar surface area (TPSA) is 51.0 Å². The van der Waals surface area contributed by atoms with E-state index in [9.17, 15) is 13.6 Å². The molecule has 0 N–H and O–H groups in total. The molecule has 0 atom stereocenters. The quantitative estimate of drug-likeness (QED) is 0.617. The third-order valence-corrected chi connectivity index (χ3v) is 4.95. The van der Waals surface area contributed by atoms with E-state index in [2.05, 4.69) is 25.9 Å². The zero-order valence-electron chi connectivity index (χ0n) is 15.8. The number of pyridine rings is 1. The van der Waals surface area contributed by atoms with Crippen molar-refractivity contribution in [1.29, 1.82) is 0 Å². The molecule has 0 fully saturated rings. The van der Waals surface area contributed by atoms with Crippen molar-refractivity contribution in [3.05, 3.63) is 56.7 Å². The predicted octanol–water partition coefficient (Wildman–Crippen LogP) is 3.45. The normalized spacial score (nSPS) is 16.3. The van der Waals surface area contributed by atoms with Crippen molar-refractivity contribution in [1.82, 2.24) is 14.5 Å². The Bertz CT molecular complexity index is 1170. The Morgan fingerprint density at radius 1 is 1.32 bits per heavy atom. The van der Waals surface area contributed by atoms with Gasteiger partial charge < -0.3 is 4.90 Å². The Morgan fingerprint density at radius 3 is 2.96 bits per heavy atom. The van der Waals surface area contributed by atoms with Crippen molar-refractivity contribution in [3.8, 4) is 0 Å². The lowest BCUT2D eigenvalue weighted by Crippen LogP contribution is -2.30. The van der Waals surface area contributed by atoms with E-state index < -0.39 is 24.3 Å². The minimum absolute atomic E-state index is 0.127. The summed E-state index contributed by atoms with van der Waals surface area (Å²) < 4.78 is 52.7. The van der Waals surface area contributed by atoms with Gasteiger partial charge >= 0.3 is 5.69 Å². The van der Waals surface area contributed by atoms with Crippen LogP contribution in [0.5, 0.6) is 0 Å². The predicted molar refractivity (Wildman–Crippen MR) is 94.2 cm³/mol. The lowest BCUT2D eigenvalue weighted by atomic mass is 10.0. The Morgan fingerprint density at radius 2 is 2.16 bits per heavy atom. The molecule has 25 heavy (non-hydrogen) atoms. The fourth-order valence-electron chi connectivity index (χ4n) is 3.12. The molecule has 0 radical (unpaired) electrons. The minimum atomic E-state index is -2.89. The van der Waals surface area contributed by atoms with Gasteiger partial charge in [0, 0.05) is 28.3 Å². The highest BCUT2D eigenvalue weighted by Gasteiger charge is 2.26. The van der Waals surface area contributed by atoms with Crippen LogP contribution < -0.4 is 10.6 Å². The summed E-state index contributed by atoms with van der Waals surface area (Å²) in [4.78, 5) is 22.1. The molecule has 0 unspecified atom stereocenters. The van der Waals surface area contributed by atoms with E-state index in [0.717, 1.165) is 28.6 Å². The number of benzene rings is 1. The second kappa shape index (κ2) is 5.87. The van der Waals surface area contributed by atoms with E-state index in [0.29, 0.717) is 23.2 Å². The van der Waals surface area contributed by atoms with Gasteiger partial charge in [0.2, 0.25) is 0 Å². The number of fused-ring (bicyclic) bond motifs is 2. The molecule has 0 amide bonds. The molecule has 0 spiro atoms. The van der Waals surface area contributed by atoms with Crippen LogP contribution in [0.15, 0.2) is 33.8 Å². The third kappa shape index (κ3) is 2.43. The zero-order chi connectivity index (χ0) is 20.2. The highest BCUT2D eigenvalue weighted by molar-refractivity contribution is 9.10. The number of halogens is 3. The largest absolute Gasteiger partial charge is 0.349 e. The SMILES string of the molecule is [2H]C([2H])([2H])n1c(=O)nc(N2CCCc3c(Br)cncc32)c2c(F)c(F)ccc21. The summed E-state index contributed by atoms with van der Waals surface area (Å²) in [6.45, 7) is -2.50. The maximum absolute atomic E-state index is 14.8. The number of rotatable bonds is 1. The summed E-state index contributed by atoms with van der Waals surface area (Å²) in [5.41, 5.74) is 0.185. The highest BCUT2D eigenvalue weighted by atomic mass is 79.9. The molecular formula is C17H13BrF2N4O. The molecule has 0 saturated carbocycles. The van der Waals surface area contributed by atoms with Crippen LogP contribution in [-0.4, -0.2) is 21.1 Å². The molecule has 1 aliphatic heterocycles. The van der Waals surface area contributed by atoms with Gasteiger partial charge in [-0.2, -0.15) is 4.98 Å². The smallest absolute Gasteiger partial charge is 0.324 e. The van der Waals surface area contributed by atoms with Gasteiger partial charge in [0.25, 0.3) is 0 Å². The number of hydrogen-bond acceptors (Lipinski definition) is 4. The molecular weight excluding hydrogens is 394 g/mol. The molecule has 0 saturated heterocycles. The average molecular weight is 410 g/mol. The zero-order valence-corrected chi connectivity index (χ0v) is 14.3. The number of aromatic nitrogens is 3. The lowest BCUT2D eigenvalue weighted by Gasteiger charge is -2.31. The lowest BCUT2D eigenvalue weighted by molar-refractivity contribution is 0.516. The molecule has 1 aliphatic rings. The van der Waals surface area contributed by atoms with E-state index in [-0.39, 0.29) is 16.7 Å². The molecule has 128 valence electrons. The van der Waals surface area contributed by atoms with E-state index >= 15 is 0 Å². The van der Waals surface area contributed by atoms with Gasteiger partial charge in [0.1, 0.15) is 0 Å². The van der Waals surface area contributed by atoms with Gasteiger partial charge in [-0.1, -0.05) is 0 Å². The monoisotopic (exact) mass is 409 g/mol. The first-order chi connectivity index (χ1) is 13.2. The highest BCUT2D eigenvalue weighted by Crippen LogP contribution is 2.38. The Balaban J connectivity index is 2.10. The van der Waals surface area contributed by atoms with Crippen LogP contribution in [-0.2, 0) is 13.4 Å². The van der Waals surface area contributed by atoms with Crippen LogP contribution in [0.1, 0.15) is 16.1 Å². The Hall–Kier alpha value is -2.35. The van der Waals surface area contributed by atoms with E-state index in [4.69, 9.17) is 4.11 Å². The summed E-state index contributed by atoms with van der Waals surface area (Å²) in [7, 11) is 0.